The van der Waals surface area contributed by atoms with Crippen LogP contribution in [0.2, 0.25) is 0 Å². The number of carboxylic acid groups (broad SMARTS) is 1. The molecule has 1 N–H and O–H groups in total. The Morgan fingerprint density at radius 1 is 1.47 bits per heavy atom. The van der Waals surface area contributed by atoms with Crippen LogP contribution in [0.15, 0.2) is 28.7 Å². The van der Waals surface area contributed by atoms with E-state index in [1.165, 1.54) is 18.3 Å². The van der Waals surface area contributed by atoms with Crippen LogP contribution < -0.4 is 0 Å². The number of aromatic carboxylic acids is 1. The number of carbonyl (C=O) groups is 1. The van der Waals surface area contributed by atoms with Crippen molar-refractivity contribution in [1.82, 2.24) is 0 Å². The number of hydrogen-bond donors (Lipinski definition) is 1. The first-order valence-corrected chi connectivity index (χ1v) is 6.21. The van der Waals surface area contributed by atoms with Crippen molar-refractivity contribution in [2.24, 2.45) is 4.40 Å². The fourth-order valence-corrected chi connectivity index (χ4v) is 1.55. The average Bonchev–Trinajstić information content (AvgIpc) is 2.25. The molecule has 0 aliphatic rings. The molecule has 4 nitrogen and oxygen atoms in total. The van der Waals surface area contributed by atoms with Crippen LogP contribution in [-0.2, 0) is 11.4 Å². The molecule has 0 saturated heterocycles. The summed E-state index contributed by atoms with van der Waals surface area (Å²) in [5.41, 5.74) is 0.818. The van der Waals surface area contributed by atoms with E-state index in [9.17, 15) is 9.35 Å². The molecule has 0 bridgehead atoms. The largest absolute Gasteiger partial charge is 0.591 e. The number of carboxylic acids is 1. The van der Waals surface area contributed by atoms with Crippen molar-refractivity contribution < 1.29 is 14.5 Å². The smallest absolute Gasteiger partial charge is 0.335 e. The third kappa shape index (κ3) is 4.20. The molecule has 92 valence electrons. The highest BCUT2D eigenvalue weighted by molar-refractivity contribution is 7.91. The summed E-state index contributed by atoms with van der Waals surface area (Å²) in [7, 11) is 0. The van der Waals surface area contributed by atoms with Crippen molar-refractivity contribution in [1.29, 1.82) is 0 Å². The fourth-order valence-electron chi connectivity index (χ4n) is 1.02. The summed E-state index contributed by atoms with van der Waals surface area (Å²) < 4.78 is 15.2. The normalized spacial score (nSPS) is 13.9. The van der Waals surface area contributed by atoms with Gasteiger partial charge in [0, 0.05) is 0 Å². The number of nitrogens with zero attached hydrogens (tertiary/aromatic N) is 1. The van der Waals surface area contributed by atoms with E-state index in [2.05, 4.69) is 4.40 Å². The van der Waals surface area contributed by atoms with E-state index in [4.69, 9.17) is 5.11 Å². The second-order valence-electron chi connectivity index (χ2n) is 4.53. The number of benzene rings is 1. The molecule has 1 rings (SSSR count). The Kier molecular flexibility index (Phi) is 4.31. The quantitative estimate of drug-likeness (QED) is 0.663. The van der Waals surface area contributed by atoms with Crippen LogP contribution in [0.1, 0.15) is 36.7 Å². The van der Waals surface area contributed by atoms with Gasteiger partial charge in [0.05, 0.1) is 11.8 Å². The molecule has 1 aromatic rings. The van der Waals surface area contributed by atoms with Gasteiger partial charge in [0.2, 0.25) is 0 Å². The maximum absolute atomic E-state index is 11.7. The highest BCUT2D eigenvalue weighted by atomic mass is 32.2. The summed E-state index contributed by atoms with van der Waals surface area (Å²) in [6, 6.07) is 6.34. The van der Waals surface area contributed by atoms with E-state index in [1.807, 2.05) is 20.8 Å². The minimum Gasteiger partial charge on any atom is -0.591 e. The van der Waals surface area contributed by atoms with Crippen molar-refractivity contribution in [2.45, 2.75) is 25.5 Å². The molecule has 0 radical (unpaired) electrons. The molecular weight excluding hydrogens is 238 g/mol. The Morgan fingerprint density at radius 3 is 2.65 bits per heavy atom. The maximum atomic E-state index is 11.7. The van der Waals surface area contributed by atoms with Crippen molar-refractivity contribution in [3.63, 3.8) is 0 Å². The molecule has 17 heavy (non-hydrogen) atoms. The zero-order valence-electron chi connectivity index (χ0n) is 10.0. The first kappa shape index (κ1) is 13.7. The van der Waals surface area contributed by atoms with E-state index in [0.29, 0.717) is 5.56 Å². The van der Waals surface area contributed by atoms with Gasteiger partial charge in [-0.1, -0.05) is 16.5 Å². The highest BCUT2D eigenvalue weighted by Crippen LogP contribution is 2.16. The van der Waals surface area contributed by atoms with E-state index >= 15 is 0 Å². The van der Waals surface area contributed by atoms with Crippen molar-refractivity contribution in [3.05, 3.63) is 35.4 Å². The van der Waals surface area contributed by atoms with E-state index in [0.717, 1.165) is 0 Å². The zero-order chi connectivity index (χ0) is 13.1. The second-order valence-corrected chi connectivity index (χ2v) is 6.46. The molecule has 0 aliphatic carbocycles. The van der Waals surface area contributed by atoms with Gasteiger partial charge in [-0.15, -0.1) is 0 Å². The van der Waals surface area contributed by atoms with Gasteiger partial charge in [-0.25, -0.2) is 4.79 Å². The molecule has 0 unspecified atom stereocenters. The predicted octanol–water partition coefficient (Wildman–Crippen LogP) is 2.27. The van der Waals surface area contributed by atoms with Crippen LogP contribution in [-0.4, -0.2) is 26.6 Å². The molecule has 1 aromatic carbocycles. The molecule has 0 heterocycles. The van der Waals surface area contributed by atoms with E-state index in [-0.39, 0.29) is 5.56 Å². The minimum atomic E-state index is -1.33. The standard InChI is InChI=1S/C12H15NO3S/c1-12(2,3)17(16)13-8-9-5-4-6-10(7-9)11(14)15/h4-8H,1-3H3,(H,14,15)/t17-/m1/s1. The predicted molar refractivity (Wildman–Crippen MR) is 68.9 cm³/mol. The minimum absolute atomic E-state index is 0.190. The molecule has 0 fully saturated rings. The summed E-state index contributed by atoms with van der Waals surface area (Å²) in [5, 5.41) is 8.81. The van der Waals surface area contributed by atoms with Gasteiger partial charge in [-0.2, -0.15) is 0 Å². The first-order valence-electron chi connectivity index (χ1n) is 5.10. The number of rotatable bonds is 3. The molecule has 0 spiro atoms. The molecule has 1 atom stereocenters. The van der Waals surface area contributed by atoms with Gasteiger partial charge in [-0.05, 0) is 38.5 Å². The molecule has 5 heteroatoms. The lowest BCUT2D eigenvalue weighted by molar-refractivity contribution is 0.0697. The Bertz CT molecular complexity index is 438. The summed E-state index contributed by atoms with van der Waals surface area (Å²) in [4.78, 5) is 10.7. The van der Waals surface area contributed by atoms with Crippen LogP contribution in [0.25, 0.3) is 0 Å². The second kappa shape index (κ2) is 5.33. The SMILES string of the molecule is CC(C)(C)[S@@+]([O-])N=Cc1cccc(C(=O)O)c1. The molecule has 0 amide bonds. The highest BCUT2D eigenvalue weighted by Gasteiger charge is 2.25. The fraction of sp³-hybridized carbons (Fsp3) is 0.333. The zero-order valence-corrected chi connectivity index (χ0v) is 10.8. The summed E-state index contributed by atoms with van der Waals surface area (Å²) >= 11 is -1.33. The summed E-state index contributed by atoms with van der Waals surface area (Å²) in [6.07, 6.45) is 1.44. The van der Waals surface area contributed by atoms with Crippen LogP contribution in [0.3, 0.4) is 0 Å². The maximum Gasteiger partial charge on any atom is 0.335 e. The molecular formula is C12H15NO3S. The third-order valence-electron chi connectivity index (χ3n) is 1.95. The Balaban J connectivity index is 2.85. The van der Waals surface area contributed by atoms with E-state index < -0.39 is 22.1 Å². The monoisotopic (exact) mass is 253 g/mol. The van der Waals surface area contributed by atoms with Gasteiger partial charge >= 0.3 is 5.97 Å². The Morgan fingerprint density at radius 2 is 2.12 bits per heavy atom. The summed E-state index contributed by atoms with van der Waals surface area (Å²) in [5.74, 6) is -0.989. The summed E-state index contributed by atoms with van der Waals surface area (Å²) in [6.45, 7) is 5.48. The van der Waals surface area contributed by atoms with Crippen LogP contribution >= 0.6 is 0 Å². The van der Waals surface area contributed by atoms with E-state index in [1.54, 1.807) is 12.1 Å². The van der Waals surface area contributed by atoms with Crippen molar-refractivity contribution in [3.8, 4) is 0 Å². The van der Waals surface area contributed by atoms with Crippen LogP contribution in [0.4, 0.5) is 0 Å². The topological polar surface area (TPSA) is 72.7 Å². The Labute approximate surface area is 104 Å². The Hall–Kier alpha value is -1.33. The van der Waals surface area contributed by atoms with Gasteiger partial charge in [0.25, 0.3) is 0 Å². The van der Waals surface area contributed by atoms with Gasteiger partial charge in [0.1, 0.15) is 16.1 Å². The molecule has 0 aromatic heterocycles. The first-order chi connectivity index (χ1) is 7.80. The molecule has 0 saturated carbocycles. The number of hydrogen-bond acceptors (Lipinski definition) is 3. The third-order valence-corrected chi connectivity index (χ3v) is 3.30. The van der Waals surface area contributed by atoms with Gasteiger partial charge < -0.3 is 9.66 Å². The lowest BCUT2D eigenvalue weighted by Gasteiger charge is -2.17. The van der Waals surface area contributed by atoms with Gasteiger partial charge in [-0.3, -0.25) is 0 Å². The van der Waals surface area contributed by atoms with Crippen LogP contribution in [0, 0.1) is 0 Å². The molecule has 0 aliphatic heterocycles. The van der Waals surface area contributed by atoms with Crippen LogP contribution in [0.5, 0.6) is 0 Å². The lowest BCUT2D eigenvalue weighted by atomic mass is 10.1. The van der Waals surface area contributed by atoms with Crippen molar-refractivity contribution in [2.75, 3.05) is 0 Å². The average molecular weight is 253 g/mol. The van der Waals surface area contributed by atoms with Gasteiger partial charge in [0.15, 0.2) is 0 Å². The lowest BCUT2D eigenvalue weighted by Crippen LogP contribution is -2.25. The van der Waals surface area contributed by atoms with Crippen molar-refractivity contribution >= 4 is 23.5 Å².